The third kappa shape index (κ3) is 4.57. The van der Waals surface area contributed by atoms with Gasteiger partial charge >= 0.3 is 0 Å². The summed E-state index contributed by atoms with van der Waals surface area (Å²) in [6.07, 6.45) is 1.80. The molecular formula is C18H26N4O3. The maximum absolute atomic E-state index is 12.1. The highest BCUT2D eigenvalue weighted by molar-refractivity contribution is 6.05. The largest absolute Gasteiger partial charge is 0.375 e. The van der Waals surface area contributed by atoms with Gasteiger partial charge in [-0.2, -0.15) is 0 Å². The highest BCUT2D eigenvalue weighted by atomic mass is 16.5. The lowest BCUT2D eigenvalue weighted by Crippen LogP contribution is -2.40. The van der Waals surface area contributed by atoms with Gasteiger partial charge in [-0.1, -0.05) is 6.07 Å². The van der Waals surface area contributed by atoms with Gasteiger partial charge in [-0.25, -0.2) is 0 Å². The Bertz CT molecular complexity index is 679. The van der Waals surface area contributed by atoms with Crippen molar-refractivity contribution in [2.75, 3.05) is 26.8 Å². The van der Waals surface area contributed by atoms with Gasteiger partial charge in [0.05, 0.1) is 0 Å². The molecule has 1 aromatic carbocycles. The van der Waals surface area contributed by atoms with E-state index in [4.69, 9.17) is 15.9 Å². The lowest BCUT2D eigenvalue weighted by Gasteiger charge is -2.33. The number of likely N-dealkylation sites (tertiary alicyclic amines) is 1. The number of piperidine rings is 1. The van der Waals surface area contributed by atoms with E-state index >= 15 is 0 Å². The van der Waals surface area contributed by atoms with Gasteiger partial charge in [-0.3, -0.25) is 20.3 Å². The molecule has 25 heavy (non-hydrogen) atoms. The first-order chi connectivity index (χ1) is 11.8. The fraction of sp³-hybridized carbons (Fsp3) is 0.500. The molecule has 0 spiro atoms. The van der Waals surface area contributed by atoms with Crippen molar-refractivity contribution in [3.05, 3.63) is 34.4 Å². The number of hydrogen-bond acceptors (Lipinski definition) is 4. The first-order valence-corrected chi connectivity index (χ1v) is 8.36. The number of nitrogens with zero attached hydrogens (tertiary/aromatic N) is 1. The molecule has 1 aromatic rings. The third-order valence-electron chi connectivity index (χ3n) is 4.66. The molecule has 1 fully saturated rings. The van der Waals surface area contributed by atoms with Crippen molar-refractivity contribution >= 4 is 17.8 Å². The van der Waals surface area contributed by atoms with Crippen LogP contribution in [-0.2, 0) is 9.53 Å². The maximum Gasteiger partial charge on any atom is 0.258 e. The fourth-order valence-electron chi connectivity index (χ4n) is 3.37. The average molecular weight is 346 g/mol. The molecule has 0 atom stereocenters. The van der Waals surface area contributed by atoms with Crippen molar-refractivity contribution in [2.45, 2.75) is 32.6 Å². The zero-order valence-corrected chi connectivity index (χ0v) is 15.0. The van der Waals surface area contributed by atoms with Crippen LogP contribution < -0.4 is 11.1 Å². The number of methoxy groups -OCH3 is 1. The molecule has 0 saturated carbocycles. The molecule has 0 aromatic heterocycles. The van der Waals surface area contributed by atoms with E-state index in [-0.39, 0.29) is 24.4 Å². The highest BCUT2D eigenvalue weighted by Gasteiger charge is 2.25. The Morgan fingerprint density at radius 3 is 2.48 bits per heavy atom. The smallest absolute Gasteiger partial charge is 0.258 e. The number of nitrogens with two attached hydrogens (primary N) is 1. The molecule has 0 unspecified atom stereocenters. The summed E-state index contributed by atoms with van der Waals surface area (Å²) in [6, 6.07) is 3.90. The molecule has 0 aliphatic carbocycles. The van der Waals surface area contributed by atoms with Gasteiger partial charge in [-0.15, -0.1) is 0 Å². The van der Waals surface area contributed by atoms with Crippen molar-refractivity contribution in [1.29, 1.82) is 5.41 Å². The molecule has 0 radical (unpaired) electrons. The van der Waals surface area contributed by atoms with Crippen molar-refractivity contribution in [3.8, 4) is 0 Å². The minimum atomic E-state index is -0.362. The number of ether oxygens (including phenoxy) is 1. The number of hydrogen-bond donors (Lipinski definition) is 3. The number of rotatable bonds is 4. The molecule has 7 heteroatoms. The van der Waals surface area contributed by atoms with Crippen LogP contribution in [0.4, 0.5) is 0 Å². The number of carbonyl (C=O) groups is 2. The van der Waals surface area contributed by atoms with E-state index in [1.807, 2.05) is 30.9 Å². The summed E-state index contributed by atoms with van der Waals surface area (Å²) in [5, 5.41) is 9.51. The van der Waals surface area contributed by atoms with Crippen LogP contribution in [0.2, 0.25) is 0 Å². The van der Waals surface area contributed by atoms with E-state index in [9.17, 15) is 9.59 Å². The predicted molar refractivity (Wildman–Crippen MR) is 95.7 cm³/mol. The summed E-state index contributed by atoms with van der Waals surface area (Å²) in [7, 11) is 1.53. The van der Waals surface area contributed by atoms with Crippen LogP contribution in [0.3, 0.4) is 0 Å². The molecule has 1 aliphatic heterocycles. The second kappa shape index (κ2) is 8.11. The van der Waals surface area contributed by atoms with E-state index in [2.05, 4.69) is 5.32 Å². The van der Waals surface area contributed by atoms with Gasteiger partial charge < -0.3 is 15.4 Å². The van der Waals surface area contributed by atoms with Gasteiger partial charge in [0.2, 0.25) is 5.91 Å². The molecule has 1 aliphatic rings. The molecule has 1 saturated heterocycles. The van der Waals surface area contributed by atoms with E-state index in [1.165, 1.54) is 12.7 Å². The zero-order chi connectivity index (χ0) is 18.6. The van der Waals surface area contributed by atoms with Gasteiger partial charge in [-0.05, 0) is 55.4 Å². The van der Waals surface area contributed by atoms with Crippen molar-refractivity contribution in [3.63, 3.8) is 0 Å². The highest BCUT2D eigenvalue weighted by Crippen LogP contribution is 2.32. The Balaban J connectivity index is 2.11. The monoisotopic (exact) mass is 346 g/mol. The van der Waals surface area contributed by atoms with Crippen molar-refractivity contribution < 1.29 is 14.3 Å². The summed E-state index contributed by atoms with van der Waals surface area (Å²) in [5.41, 5.74) is 8.89. The van der Waals surface area contributed by atoms with Gasteiger partial charge in [0.25, 0.3) is 5.91 Å². The van der Waals surface area contributed by atoms with Crippen LogP contribution in [0.1, 0.15) is 45.8 Å². The Morgan fingerprint density at radius 1 is 1.28 bits per heavy atom. The summed E-state index contributed by atoms with van der Waals surface area (Å²) in [4.78, 5) is 25.9. The lowest BCUT2D eigenvalue weighted by molar-refractivity contribution is -0.136. The first kappa shape index (κ1) is 18.9. The van der Waals surface area contributed by atoms with Gasteiger partial charge in [0, 0.05) is 25.8 Å². The van der Waals surface area contributed by atoms with Crippen LogP contribution in [0.15, 0.2) is 12.1 Å². The maximum atomic E-state index is 12.1. The Hall–Kier alpha value is -2.41. The van der Waals surface area contributed by atoms with Crippen molar-refractivity contribution in [1.82, 2.24) is 10.2 Å². The molecule has 1 heterocycles. The van der Waals surface area contributed by atoms with E-state index < -0.39 is 0 Å². The topological polar surface area (TPSA) is 109 Å². The molecule has 7 nitrogen and oxygen atoms in total. The predicted octanol–water partition coefficient (Wildman–Crippen LogP) is 1.28. The minimum absolute atomic E-state index is 0.0325. The summed E-state index contributed by atoms with van der Waals surface area (Å²) < 4.78 is 4.91. The van der Waals surface area contributed by atoms with Crippen LogP contribution in [0.5, 0.6) is 0 Å². The van der Waals surface area contributed by atoms with E-state index in [0.717, 1.165) is 37.1 Å². The second-order valence-corrected chi connectivity index (χ2v) is 6.48. The third-order valence-corrected chi connectivity index (χ3v) is 4.66. The quantitative estimate of drug-likeness (QED) is 0.563. The number of carbonyl (C=O) groups excluding carboxylic acids is 2. The zero-order valence-electron chi connectivity index (χ0n) is 15.0. The van der Waals surface area contributed by atoms with Crippen LogP contribution in [0.25, 0.3) is 0 Å². The second-order valence-electron chi connectivity index (χ2n) is 6.48. The molecule has 0 bridgehead atoms. The first-order valence-electron chi connectivity index (χ1n) is 8.36. The van der Waals surface area contributed by atoms with E-state index in [1.54, 1.807) is 0 Å². The summed E-state index contributed by atoms with van der Waals surface area (Å²) in [5.74, 6) is -0.320. The Kier molecular flexibility index (Phi) is 6.14. The normalized spacial score (nSPS) is 15.1. The van der Waals surface area contributed by atoms with Crippen LogP contribution in [0, 0.1) is 19.3 Å². The molecule has 2 amide bonds. The average Bonchev–Trinajstić information content (AvgIpc) is 2.56. The Labute approximate surface area is 148 Å². The number of aryl methyl sites for hydroxylation is 2. The fourth-order valence-corrected chi connectivity index (χ4v) is 3.37. The molecule has 4 N–H and O–H groups in total. The molecular weight excluding hydrogens is 320 g/mol. The molecule has 136 valence electrons. The summed E-state index contributed by atoms with van der Waals surface area (Å²) >= 11 is 0. The van der Waals surface area contributed by atoms with Crippen LogP contribution >= 0.6 is 0 Å². The minimum Gasteiger partial charge on any atom is -0.375 e. The number of benzene rings is 1. The van der Waals surface area contributed by atoms with Crippen molar-refractivity contribution in [2.24, 2.45) is 5.73 Å². The van der Waals surface area contributed by atoms with E-state index in [0.29, 0.717) is 11.5 Å². The summed E-state index contributed by atoms with van der Waals surface area (Å²) in [6.45, 7) is 5.44. The number of amides is 2. The number of guanidine groups is 1. The lowest BCUT2D eigenvalue weighted by atomic mass is 9.84. The SMILES string of the molecule is COCC(=O)N1CCC(c2cc(C)c(C(=O)NC(=N)N)cc2C)CC1. The van der Waals surface area contributed by atoms with Crippen LogP contribution in [-0.4, -0.2) is 49.5 Å². The standard InChI is InChI=1S/C18H26N4O3/c1-11-9-15(17(24)21-18(19)20)12(2)8-14(11)13-4-6-22(7-5-13)16(23)10-25-3/h8-9,13H,4-7,10H2,1-3H3,(H4,19,20,21,24). The van der Waals surface area contributed by atoms with Gasteiger partial charge in [0.1, 0.15) is 6.61 Å². The number of nitrogens with one attached hydrogen (secondary N) is 2. The van der Waals surface area contributed by atoms with Gasteiger partial charge in [0.15, 0.2) is 5.96 Å². The Morgan fingerprint density at radius 2 is 1.92 bits per heavy atom. The molecule has 2 rings (SSSR count).